The number of likely N-dealkylation sites (tertiary alicyclic amines) is 1. The highest BCUT2D eigenvalue weighted by atomic mass is 19.4. The first-order chi connectivity index (χ1) is 15.7. The number of halogens is 3. The first-order valence-electron chi connectivity index (χ1n) is 10.2. The molecule has 0 radical (unpaired) electrons. The minimum atomic E-state index is -4.48. The summed E-state index contributed by atoms with van der Waals surface area (Å²) < 4.78 is 53.9. The van der Waals surface area contributed by atoms with Gasteiger partial charge in [0.1, 0.15) is 17.5 Å². The fourth-order valence-electron chi connectivity index (χ4n) is 3.87. The van der Waals surface area contributed by atoms with Crippen LogP contribution in [0.4, 0.5) is 13.2 Å². The predicted octanol–water partition coefficient (Wildman–Crippen LogP) is 3.27. The molecule has 1 N–H and O–H groups in total. The minimum absolute atomic E-state index is 0.102. The number of esters is 1. The first kappa shape index (κ1) is 24.4. The molecule has 0 bridgehead atoms. The van der Waals surface area contributed by atoms with E-state index in [0.717, 1.165) is 29.8 Å². The molecule has 0 spiro atoms. The molecule has 3 rings (SSSR count). The summed E-state index contributed by atoms with van der Waals surface area (Å²) in [6.45, 7) is 0.680. The average Bonchev–Trinajstić information content (AvgIpc) is 3.19. The first-order valence-corrected chi connectivity index (χ1v) is 10.2. The van der Waals surface area contributed by atoms with Crippen LogP contribution in [0.15, 0.2) is 42.5 Å². The number of nitrogens with zero attached hydrogens (tertiary/aromatic N) is 1. The Balaban J connectivity index is 1.74. The maximum atomic E-state index is 12.8. The van der Waals surface area contributed by atoms with E-state index < -0.39 is 35.7 Å². The lowest BCUT2D eigenvalue weighted by Gasteiger charge is -2.23. The normalized spacial score (nSPS) is 18.6. The Morgan fingerprint density at radius 2 is 1.76 bits per heavy atom. The van der Waals surface area contributed by atoms with Gasteiger partial charge < -0.3 is 19.5 Å². The molecule has 10 heteroatoms. The molecule has 0 aliphatic carbocycles. The summed E-state index contributed by atoms with van der Waals surface area (Å²) in [6, 6.07) is 8.31. The van der Waals surface area contributed by atoms with Crippen molar-refractivity contribution in [3.8, 4) is 11.5 Å². The third kappa shape index (κ3) is 5.75. The molecule has 2 aromatic carbocycles. The molecule has 33 heavy (non-hydrogen) atoms. The second-order valence-electron chi connectivity index (χ2n) is 7.63. The Morgan fingerprint density at radius 1 is 1.06 bits per heavy atom. The van der Waals surface area contributed by atoms with Crippen molar-refractivity contribution in [3.05, 3.63) is 59.2 Å². The highest BCUT2D eigenvalue weighted by Crippen LogP contribution is 2.30. The molecule has 2 aromatic rings. The molecule has 7 nitrogen and oxygen atoms in total. The van der Waals surface area contributed by atoms with Crippen molar-refractivity contribution in [1.29, 1.82) is 0 Å². The van der Waals surface area contributed by atoms with E-state index in [1.165, 1.54) is 7.11 Å². The number of nitrogens with one attached hydrogen (secondary N) is 1. The Kier molecular flexibility index (Phi) is 7.47. The number of carbonyl (C=O) groups is 2. The van der Waals surface area contributed by atoms with E-state index in [2.05, 4.69) is 5.32 Å². The number of alkyl halides is 3. The van der Waals surface area contributed by atoms with Crippen LogP contribution in [0.25, 0.3) is 0 Å². The van der Waals surface area contributed by atoms with Gasteiger partial charge in [0, 0.05) is 30.3 Å². The molecule has 1 saturated heterocycles. The molecule has 0 unspecified atom stereocenters. The quantitative estimate of drug-likeness (QED) is 0.632. The number of carbonyl (C=O) groups excluding carboxylic acids is 2. The van der Waals surface area contributed by atoms with Crippen LogP contribution in [-0.2, 0) is 22.3 Å². The van der Waals surface area contributed by atoms with Crippen molar-refractivity contribution in [3.63, 3.8) is 0 Å². The van der Waals surface area contributed by atoms with Gasteiger partial charge in [-0.3, -0.25) is 14.5 Å². The van der Waals surface area contributed by atoms with E-state index in [0.29, 0.717) is 31.0 Å². The Hall–Kier alpha value is -3.27. The number of methoxy groups -OCH3 is 3. The van der Waals surface area contributed by atoms with Crippen LogP contribution in [0, 0.1) is 0 Å². The monoisotopic (exact) mass is 466 g/mol. The largest absolute Gasteiger partial charge is 0.497 e. The van der Waals surface area contributed by atoms with Crippen LogP contribution in [0.2, 0.25) is 0 Å². The van der Waals surface area contributed by atoms with Crippen molar-refractivity contribution >= 4 is 11.9 Å². The van der Waals surface area contributed by atoms with Gasteiger partial charge in [-0.05, 0) is 48.9 Å². The number of benzene rings is 2. The van der Waals surface area contributed by atoms with Gasteiger partial charge in [-0.25, -0.2) is 0 Å². The maximum absolute atomic E-state index is 12.8. The summed E-state index contributed by atoms with van der Waals surface area (Å²) in [5.74, 6) is 0.296. The fraction of sp³-hybridized carbons (Fsp3) is 0.391. The molecule has 1 fully saturated rings. The highest BCUT2D eigenvalue weighted by Gasteiger charge is 2.38. The summed E-state index contributed by atoms with van der Waals surface area (Å²) in [5.41, 5.74) is 0.0649. The number of amides is 1. The number of ether oxygens (including phenoxy) is 3. The van der Waals surface area contributed by atoms with Crippen molar-refractivity contribution in [1.82, 2.24) is 10.2 Å². The lowest BCUT2D eigenvalue weighted by Crippen LogP contribution is -2.37. The zero-order chi connectivity index (χ0) is 24.2. The third-order valence-corrected chi connectivity index (χ3v) is 5.55. The van der Waals surface area contributed by atoms with Crippen LogP contribution >= 0.6 is 0 Å². The van der Waals surface area contributed by atoms with E-state index in [1.807, 2.05) is 4.90 Å². The molecule has 1 aliphatic rings. The van der Waals surface area contributed by atoms with Crippen molar-refractivity contribution in [2.75, 3.05) is 27.9 Å². The fourth-order valence-corrected chi connectivity index (χ4v) is 3.87. The van der Waals surface area contributed by atoms with Gasteiger partial charge in [-0.2, -0.15) is 13.2 Å². The lowest BCUT2D eigenvalue weighted by molar-refractivity contribution is -0.146. The zero-order valence-electron chi connectivity index (χ0n) is 18.4. The van der Waals surface area contributed by atoms with E-state index in [9.17, 15) is 22.8 Å². The Morgan fingerprint density at radius 3 is 2.33 bits per heavy atom. The highest BCUT2D eigenvalue weighted by molar-refractivity contribution is 5.94. The van der Waals surface area contributed by atoms with Crippen molar-refractivity contribution < 1.29 is 37.0 Å². The Bertz CT molecular complexity index is 995. The van der Waals surface area contributed by atoms with E-state index in [4.69, 9.17) is 14.2 Å². The minimum Gasteiger partial charge on any atom is -0.497 e. The van der Waals surface area contributed by atoms with Gasteiger partial charge in [-0.1, -0.05) is 0 Å². The van der Waals surface area contributed by atoms with Gasteiger partial charge in [-0.15, -0.1) is 0 Å². The van der Waals surface area contributed by atoms with E-state index in [-0.39, 0.29) is 5.56 Å². The van der Waals surface area contributed by atoms with Crippen LogP contribution in [0.1, 0.15) is 27.9 Å². The summed E-state index contributed by atoms with van der Waals surface area (Å²) in [6.07, 6.45) is -4.18. The van der Waals surface area contributed by atoms with Crippen LogP contribution in [0.5, 0.6) is 11.5 Å². The molecule has 178 valence electrons. The second kappa shape index (κ2) is 10.1. The van der Waals surface area contributed by atoms with Crippen LogP contribution in [0.3, 0.4) is 0 Å². The standard InChI is InChI=1S/C23H25F3N2O5/c1-31-18-8-9-20(32-2)15(10-18)12-28-13-17(11-19(28)22(30)33-3)27-21(29)14-4-6-16(7-5-14)23(24,25)26/h4-10,17,19H,11-13H2,1-3H3,(H,27,29)/t17-,19-/m0/s1. The maximum Gasteiger partial charge on any atom is 0.416 e. The molecule has 1 amide bonds. The van der Waals surface area contributed by atoms with Crippen molar-refractivity contribution in [2.45, 2.75) is 31.2 Å². The van der Waals surface area contributed by atoms with Gasteiger partial charge in [0.15, 0.2) is 0 Å². The van der Waals surface area contributed by atoms with Gasteiger partial charge in [0.05, 0.1) is 26.9 Å². The smallest absolute Gasteiger partial charge is 0.416 e. The number of hydrogen-bond donors (Lipinski definition) is 1. The molecular formula is C23H25F3N2O5. The van der Waals surface area contributed by atoms with Crippen LogP contribution < -0.4 is 14.8 Å². The molecule has 0 saturated carbocycles. The van der Waals surface area contributed by atoms with Gasteiger partial charge in [0.2, 0.25) is 0 Å². The van der Waals surface area contributed by atoms with Crippen LogP contribution in [-0.4, -0.2) is 56.7 Å². The van der Waals surface area contributed by atoms with E-state index >= 15 is 0 Å². The van der Waals surface area contributed by atoms with Gasteiger partial charge >= 0.3 is 12.1 Å². The van der Waals surface area contributed by atoms with Gasteiger partial charge in [0.25, 0.3) is 5.91 Å². The van der Waals surface area contributed by atoms with E-state index in [1.54, 1.807) is 32.4 Å². The summed E-state index contributed by atoms with van der Waals surface area (Å²) in [5, 5.41) is 2.80. The average molecular weight is 466 g/mol. The second-order valence-corrected chi connectivity index (χ2v) is 7.63. The SMILES string of the molecule is COC(=O)[C@@H]1C[C@H](NC(=O)c2ccc(C(F)(F)F)cc2)CN1Cc1cc(OC)ccc1OC. The summed E-state index contributed by atoms with van der Waals surface area (Å²) in [7, 11) is 4.38. The molecule has 0 aromatic heterocycles. The third-order valence-electron chi connectivity index (χ3n) is 5.55. The summed E-state index contributed by atoms with van der Waals surface area (Å²) >= 11 is 0. The molecule has 1 heterocycles. The predicted molar refractivity (Wildman–Crippen MR) is 113 cm³/mol. The zero-order valence-corrected chi connectivity index (χ0v) is 18.4. The number of rotatable bonds is 7. The molecule has 1 aliphatic heterocycles. The topological polar surface area (TPSA) is 77.1 Å². The molecular weight excluding hydrogens is 441 g/mol. The summed E-state index contributed by atoms with van der Waals surface area (Å²) in [4.78, 5) is 26.8. The lowest BCUT2D eigenvalue weighted by atomic mass is 10.1. The number of hydrogen-bond acceptors (Lipinski definition) is 6. The Labute approximate surface area is 189 Å². The molecule has 2 atom stereocenters. The van der Waals surface area contributed by atoms with Crippen molar-refractivity contribution in [2.24, 2.45) is 0 Å².